The lowest BCUT2D eigenvalue weighted by Gasteiger charge is -2.56. The van der Waals surface area contributed by atoms with Crippen molar-refractivity contribution in [2.24, 2.45) is 40.9 Å². The van der Waals surface area contributed by atoms with Gasteiger partial charge in [0.1, 0.15) is 5.78 Å². The fourth-order valence-corrected chi connectivity index (χ4v) is 8.20. The van der Waals surface area contributed by atoms with Crippen LogP contribution in [0.25, 0.3) is 0 Å². The second-order valence-electron chi connectivity index (χ2n) is 11.0. The Labute approximate surface area is 165 Å². The predicted molar refractivity (Wildman–Crippen MR) is 107 cm³/mol. The van der Waals surface area contributed by atoms with Gasteiger partial charge >= 0.3 is 0 Å². The Bertz CT molecular complexity index is 556. The Kier molecular flexibility index (Phi) is 5.48. The molecule has 2 N–H and O–H groups in total. The molecular weight excluding hydrogens is 336 g/mol. The lowest BCUT2D eigenvalue weighted by molar-refractivity contribution is -0.132. The van der Waals surface area contributed by atoms with Gasteiger partial charge in [0.15, 0.2) is 0 Å². The fraction of sp³-hybridized carbons (Fsp3) is 0.958. The third-order valence-corrected chi connectivity index (χ3v) is 9.46. The first kappa shape index (κ1) is 19.9. The van der Waals surface area contributed by atoms with Gasteiger partial charge < -0.3 is 10.2 Å². The summed E-state index contributed by atoms with van der Waals surface area (Å²) in [7, 11) is 0. The molecular formula is C24H40O3. The van der Waals surface area contributed by atoms with E-state index in [-0.39, 0.29) is 17.9 Å². The minimum Gasteiger partial charge on any atom is -0.396 e. The average Bonchev–Trinajstić information content (AvgIpc) is 2.98. The van der Waals surface area contributed by atoms with Crippen LogP contribution < -0.4 is 0 Å². The predicted octanol–water partition coefficient (Wildman–Crippen LogP) is 4.74. The lowest BCUT2D eigenvalue weighted by atomic mass is 9.49. The highest BCUT2D eigenvalue weighted by atomic mass is 16.3. The molecule has 3 heteroatoms. The molecule has 0 aromatic heterocycles. The van der Waals surface area contributed by atoms with Crippen LogP contribution >= 0.6 is 0 Å². The van der Waals surface area contributed by atoms with Crippen molar-refractivity contribution in [1.29, 1.82) is 0 Å². The summed E-state index contributed by atoms with van der Waals surface area (Å²) in [4.78, 5) is 12.9. The van der Waals surface area contributed by atoms with Gasteiger partial charge in [0.25, 0.3) is 0 Å². The molecule has 4 aliphatic carbocycles. The third kappa shape index (κ3) is 3.52. The Morgan fingerprint density at radius 2 is 1.70 bits per heavy atom. The first-order valence-corrected chi connectivity index (χ1v) is 11.7. The van der Waals surface area contributed by atoms with E-state index in [0.717, 1.165) is 61.7 Å². The van der Waals surface area contributed by atoms with E-state index in [9.17, 15) is 9.90 Å². The van der Waals surface area contributed by atoms with E-state index in [1.165, 1.54) is 38.5 Å². The number of Topliss-reactive ketones (excluding diaryl/α,β-unsaturated/α-hetero) is 1. The molecule has 27 heavy (non-hydrogen) atoms. The van der Waals surface area contributed by atoms with Gasteiger partial charge in [0.05, 0.1) is 5.60 Å². The monoisotopic (exact) mass is 376 g/mol. The normalized spacial score (nSPS) is 49.2. The maximum atomic E-state index is 12.9. The smallest absolute Gasteiger partial charge is 0.136 e. The molecule has 154 valence electrons. The highest BCUT2D eigenvalue weighted by molar-refractivity contribution is 5.82. The third-order valence-electron chi connectivity index (χ3n) is 9.46. The van der Waals surface area contributed by atoms with Crippen molar-refractivity contribution >= 4 is 5.78 Å². The molecule has 0 unspecified atom stereocenters. The van der Waals surface area contributed by atoms with Crippen LogP contribution in [0.5, 0.6) is 0 Å². The van der Waals surface area contributed by atoms with Crippen molar-refractivity contribution in [2.75, 3.05) is 6.61 Å². The quantitative estimate of drug-likeness (QED) is 0.682. The van der Waals surface area contributed by atoms with Crippen molar-refractivity contribution in [3.63, 3.8) is 0 Å². The van der Waals surface area contributed by atoms with E-state index in [2.05, 4.69) is 6.92 Å². The second kappa shape index (κ2) is 7.44. The van der Waals surface area contributed by atoms with Gasteiger partial charge in [-0.2, -0.15) is 0 Å². The first-order chi connectivity index (χ1) is 12.9. The van der Waals surface area contributed by atoms with Gasteiger partial charge in [0, 0.05) is 18.9 Å². The van der Waals surface area contributed by atoms with Crippen molar-refractivity contribution in [3.8, 4) is 0 Å². The number of carbonyl (C=O) groups is 1. The Morgan fingerprint density at radius 3 is 2.48 bits per heavy atom. The van der Waals surface area contributed by atoms with Crippen molar-refractivity contribution in [2.45, 2.75) is 96.5 Å². The molecule has 0 bridgehead atoms. The SMILES string of the molecule is C[C@@]1(O)CC[C@H]2[C@H](CC[C@@H]3[C@@H]2CC[C@]2(C)[C@@H](C(=O)CCCCO)CC[C@@H]32)C1. The van der Waals surface area contributed by atoms with E-state index in [1.54, 1.807) is 0 Å². The summed E-state index contributed by atoms with van der Waals surface area (Å²) >= 11 is 0. The molecule has 4 fully saturated rings. The zero-order valence-corrected chi connectivity index (χ0v) is 17.5. The molecule has 0 saturated heterocycles. The Balaban J connectivity index is 1.45. The van der Waals surface area contributed by atoms with Gasteiger partial charge in [-0.15, -0.1) is 0 Å². The van der Waals surface area contributed by atoms with Crippen LogP contribution in [0, 0.1) is 40.9 Å². The van der Waals surface area contributed by atoms with Gasteiger partial charge in [-0.25, -0.2) is 0 Å². The van der Waals surface area contributed by atoms with Gasteiger partial charge in [-0.3, -0.25) is 4.79 Å². The number of carbonyl (C=O) groups excluding carboxylic acids is 1. The van der Waals surface area contributed by atoms with Crippen LogP contribution in [-0.4, -0.2) is 28.2 Å². The molecule has 0 heterocycles. The summed E-state index contributed by atoms with van der Waals surface area (Å²) in [6.07, 6.45) is 13.0. The molecule has 3 nitrogen and oxygen atoms in total. The summed E-state index contributed by atoms with van der Waals surface area (Å²) in [6, 6.07) is 0. The van der Waals surface area contributed by atoms with Gasteiger partial charge in [-0.1, -0.05) is 6.92 Å². The molecule has 0 aliphatic heterocycles. The molecule has 4 aliphatic rings. The topological polar surface area (TPSA) is 57.5 Å². The summed E-state index contributed by atoms with van der Waals surface area (Å²) < 4.78 is 0. The van der Waals surface area contributed by atoms with E-state index < -0.39 is 5.60 Å². The number of aliphatic hydroxyl groups excluding tert-OH is 1. The highest BCUT2D eigenvalue weighted by Gasteiger charge is 2.58. The molecule has 8 atom stereocenters. The summed E-state index contributed by atoms with van der Waals surface area (Å²) in [5, 5.41) is 19.5. The number of ketones is 1. The summed E-state index contributed by atoms with van der Waals surface area (Å²) in [5.74, 6) is 4.72. The number of aliphatic hydroxyl groups is 2. The molecule has 4 saturated carbocycles. The fourth-order valence-electron chi connectivity index (χ4n) is 8.20. The zero-order chi connectivity index (χ0) is 19.2. The Hall–Kier alpha value is -0.410. The van der Waals surface area contributed by atoms with Gasteiger partial charge in [-0.05, 0) is 113 Å². The van der Waals surface area contributed by atoms with Crippen molar-refractivity contribution < 1.29 is 15.0 Å². The van der Waals surface area contributed by atoms with E-state index >= 15 is 0 Å². The minimum absolute atomic E-state index is 0.205. The largest absolute Gasteiger partial charge is 0.396 e. The van der Waals surface area contributed by atoms with Gasteiger partial charge in [0.2, 0.25) is 0 Å². The first-order valence-electron chi connectivity index (χ1n) is 11.7. The highest BCUT2D eigenvalue weighted by Crippen LogP contribution is 2.64. The molecule has 0 aromatic rings. The zero-order valence-electron chi connectivity index (χ0n) is 17.5. The summed E-state index contributed by atoms with van der Waals surface area (Å²) in [5.41, 5.74) is -0.207. The number of hydrogen-bond donors (Lipinski definition) is 2. The lowest BCUT2D eigenvalue weighted by Crippen LogP contribution is -2.51. The summed E-state index contributed by atoms with van der Waals surface area (Å²) in [6.45, 7) is 4.68. The molecule has 4 rings (SSSR count). The van der Waals surface area contributed by atoms with Crippen molar-refractivity contribution in [3.05, 3.63) is 0 Å². The van der Waals surface area contributed by atoms with E-state index in [1.807, 2.05) is 6.92 Å². The van der Waals surface area contributed by atoms with E-state index in [4.69, 9.17) is 5.11 Å². The number of hydrogen-bond acceptors (Lipinski definition) is 3. The van der Waals surface area contributed by atoms with E-state index in [0.29, 0.717) is 12.2 Å². The van der Waals surface area contributed by atoms with Crippen LogP contribution in [0.4, 0.5) is 0 Å². The van der Waals surface area contributed by atoms with Crippen LogP contribution in [0.3, 0.4) is 0 Å². The molecule has 0 aromatic carbocycles. The number of unbranched alkanes of at least 4 members (excludes halogenated alkanes) is 1. The number of rotatable bonds is 5. The minimum atomic E-state index is -0.434. The molecule has 0 spiro atoms. The standard InChI is InChI=1S/C24H40O3/c1-23(27)12-10-17-16(15-23)6-7-19-18(17)11-13-24(2)20(19)8-9-21(24)22(26)5-3-4-14-25/h16-21,25,27H,3-15H2,1-2H3/t16-,17+,18-,19-,20+,21-,23-,24+/m1/s1. The second-order valence-corrected chi connectivity index (χ2v) is 11.0. The van der Waals surface area contributed by atoms with Crippen LogP contribution in [-0.2, 0) is 4.79 Å². The average molecular weight is 377 g/mol. The van der Waals surface area contributed by atoms with Crippen molar-refractivity contribution in [1.82, 2.24) is 0 Å². The maximum absolute atomic E-state index is 12.9. The van der Waals surface area contributed by atoms with Crippen LogP contribution in [0.1, 0.15) is 90.9 Å². The number of fused-ring (bicyclic) bond motifs is 5. The van der Waals surface area contributed by atoms with Crippen LogP contribution in [0.15, 0.2) is 0 Å². The maximum Gasteiger partial charge on any atom is 0.136 e. The molecule has 0 amide bonds. The van der Waals surface area contributed by atoms with Crippen LogP contribution in [0.2, 0.25) is 0 Å². The molecule has 0 radical (unpaired) electrons. The Morgan fingerprint density at radius 1 is 0.926 bits per heavy atom.